The number of H-pyrrole nitrogens is 1. The molecule has 1 aliphatic heterocycles. The molecule has 168 valence electrons. The topological polar surface area (TPSA) is 103 Å². The van der Waals surface area contributed by atoms with Crippen molar-refractivity contribution in [3.05, 3.63) is 53.4 Å². The molecule has 2 N–H and O–H groups in total. The summed E-state index contributed by atoms with van der Waals surface area (Å²) in [6.07, 6.45) is 1.86. The minimum absolute atomic E-state index is 0.0320. The van der Waals surface area contributed by atoms with Crippen molar-refractivity contribution in [3.8, 4) is 22.9 Å². The Balaban J connectivity index is 1.71. The summed E-state index contributed by atoms with van der Waals surface area (Å²) in [5, 5.41) is 14.1. The molecule has 4 rings (SSSR count). The van der Waals surface area contributed by atoms with E-state index in [1.54, 1.807) is 11.7 Å². The predicted molar refractivity (Wildman–Crippen MR) is 110 cm³/mol. The standard InChI is InChI=1S/C21H21F2N5O4/c1-5-16(29)25-12-8-24-28(2)21(12)20-10-9-32-13(6-11(10)26-27-20)17-18(22)14(30-3)7-15(31-4)19(17)23/h5,7-8,13H,1,6,9H2,2-4H3,(H,25,29)(H,26,27). The summed E-state index contributed by atoms with van der Waals surface area (Å²) >= 11 is 0. The van der Waals surface area contributed by atoms with Crippen LogP contribution in [0.2, 0.25) is 0 Å². The summed E-state index contributed by atoms with van der Waals surface area (Å²) < 4.78 is 47.3. The van der Waals surface area contributed by atoms with Gasteiger partial charge in [-0.1, -0.05) is 6.58 Å². The van der Waals surface area contributed by atoms with Crippen molar-refractivity contribution in [2.75, 3.05) is 19.5 Å². The third kappa shape index (κ3) is 3.50. The number of hydrogen-bond acceptors (Lipinski definition) is 6. The molecule has 11 heteroatoms. The normalized spacial score (nSPS) is 15.2. The second-order valence-corrected chi connectivity index (χ2v) is 7.08. The molecular formula is C21H21F2N5O4. The number of methoxy groups -OCH3 is 2. The van der Waals surface area contributed by atoms with E-state index < -0.39 is 23.6 Å². The number of aromatic amines is 1. The van der Waals surface area contributed by atoms with Crippen molar-refractivity contribution in [1.82, 2.24) is 20.0 Å². The molecule has 3 aromatic rings. The molecule has 1 atom stereocenters. The Labute approximate surface area is 182 Å². The molecule has 3 heterocycles. The van der Waals surface area contributed by atoms with E-state index in [4.69, 9.17) is 14.2 Å². The van der Waals surface area contributed by atoms with Crippen LogP contribution in [0.5, 0.6) is 11.5 Å². The molecule has 1 aliphatic rings. The van der Waals surface area contributed by atoms with Gasteiger partial charge in [0.1, 0.15) is 11.4 Å². The second-order valence-electron chi connectivity index (χ2n) is 7.08. The smallest absolute Gasteiger partial charge is 0.247 e. The summed E-state index contributed by atoms with van der Waals surface area (Å²) in [5.74, 6) is -2.37. The van der Waals surface area contributed by atoms with Crippen LogP contribution in [0, 0.1) is 11.6 Å². The number of aromatic nitrogens is 4. The van der Waals surface area contributed by atoms with E-state index in [9.17, 15) is 13.6 Å². The van der Waals surface area contributed by atoms with Gasteiger partial charge in [-0.15, -0.1) is 0 Å². The summed E-state index contributed by atoms with van der Waals surface area (Å²) in [5.41, 5.74) is 2.60. The molecule has 1 aromatic carbocycles. The maximum atomic E-state index is 14.9. The van der Waals surface area contributed by atoms with Crippen molar-refractivity contribution in [2.45, 2.75) is 19.1 Å². The van der Waals surface area contributed by atoms with Crippen LogP contribution in [0.3, 0.4) is 0 Å². The fourth-order valence-electron chi connectivity index (χ4n) is 3.72. The first kappa shape index (κ1) is 21.5. The Morgan fingerprint density at radius 1 is 1.34 bits per heavy atom. The Hall–Kier alpha value is -3.73. The number of fused-ring (bicyclic) bond motifs is 1. The number of carbonyl (C=O) groups excluding carboxylic acids is 1. The number of hydrogen-bond donors (Lipinski definition) is 2. The minimum Gasteiger partial charge on any atom is -0.494 e. The Kier molecular flexibility index (Phi) is 5.66. The predicted octanol–water partition coefficient (Wildman–Crippen LogP) is 3.04. The molecule has 0 saturated heterocycles. The van der Waals surface area contributed by atoms with Crippen molar-refractivity contribution in [2.24, 2.45) is 7.05 Å². The number of nitrogens with one attached hydrogen (secondary N) is 2. The van der Waals surface area contributed by atoms with Gasteiger partial charge in [-0.3, -0.25) is 14.6 Å². The van der Waals surface area contributed by atoms with Crippen LogP contribution in [-0.4, -0.2) is 40.1 Å². The largest absolute Gasteiger partial charge is 0.494 e. The SMILES string of the molecule is C=CC(=O)Nc1cnn(C)c1-c1n[nH]c2c1COC(c1c(F)c(OC)cc(OC)c1F)C2. The number of anilines is 1. The minimum atomic E-state index is -0.925. The fraction of sp³-hybridized carbons (Fsp3) is 0.286. The highest BCUT2D eigenvalue weighted by Gasteiger charge is 2.33. The Morgan fingerprint density at radius 2 is 2.03 bits per heavy atom. The van der Waals surface area contributed by atoms with E-state index in [0.29, 0.717) is 28.3 Å². The van der Waals surface area contributed by atoms with Gasteiger partial charge in [0.25, 0.3) is 0 Å². The van der Waals surface area contributed by atoms with Gasteiger partial charge < -0.3 is 19.5 Å². The summed E-state index contributed by atoms with van der Waals surface area (Å²) in [7, 11) is 4.29. The van der Waals surface area contributed by atoms with Gasteiger partial charge in [-0.25, -0.2) is 8.78 Å². The van der Waals surface area contributed by atoms with Gasteiger partial charge in [-0.2, -0.15) is 10.2 Å². The van der Waals surface area contributed by atoms with Crippen LogP contribution in [0.15, 0.2) is 24.9 Å². The zero-order valence-electron chi connectivity index (χ0n) is 17.7. The maximum Gasteiger partial charge on any atom is 0.247 e. The third-order valence-electron chi connectivity index (χ3n) is 5.31. The number of carbonyl (C=O) groups is 1. The number of nitrogens with zero attached hydrogens (tertiary/aromatic N) is 3. The quantitative estimate of drug-likeness (QED) is 0.566. The molecule has 1 unspecified atom stereocenters. The van der Waals surface area contributed by atoms with Crippen molar-refractivity contribution in [3.63, 3.8) is 0 Å². The Morgan fingerprint density at radius 3 is 2.66 bits per heavy atom. The number of aryl methyl sites for hydroxylation is 1. The average molecular weight is 445 g/mol. The number of ether oxygens (including phenoxy) is 3. The molecule has 0 saturated carbocycles. The lowest BCUT2D eigenvalue weighted by Crippen LogP contribution is -2.19. The zero-order chi connectivity index (χ0) is 23.0. The van der Waals surface area contributed by atoms with Gasteiger partial charge in [0.2, 0.25) is 5.91 Å². The first-order valence-corrected chi connectivity index (χ1v) is 9.62. The van der Waals surface area contributed by atoms with Crippen LogP contribution in [-0.2, 0) is 29.6 Å². The lowest BCUT2D eigenvalue weighted by atomic mass is 9.97. The molecular weight excluding hydrogens is 424 g/mol. The maximum absolute atomic E-state index is 14.9. The highest BCUT2D eigenvalue weighted by atomic mass is 19.1. The molecule has 9 nitrogen and oxygen atoms in total. The lowest BCUT2D eigenvalue weighted by Gasteiger charge is -2.25. The van der Waals surface area contributed by atoms with E-state index in [-0.39, 0.29) is 30.1 Å². The van der Waals surface area contributed by atoms with Crippen molar-refractivity contribution in [1.29, 1.82) is 0 Å². The van der Waals surface area contributed by atoms with Crippen molar-refractivity contribution >= 4 is 11.6 Å². The molecule has 2 aromatic heterocycles. The van der Waals surface area contributed by atoms with Crippen LogP contribution in [0.4, 0.5) is 14.5 Å². The van der Waals surface area contributed by atoms with Gasteiger partial charge >= 0.3 is 0 Å². The van der Waals surface area contributed by atoms with Gasteiger partial charge in [0.15, 0.2) is 23.1 Å². The van der Waals surface area contributed by atoms with E-state index in [2.05, 4.69) is 27.2 Å². The lowest BCUT2D eigenvalue weighted by molar-refractivity contribution is -0.111. The number of halogens is 2. The van der Waals surface area contributed by atoms with Crippen LogP contribution >= 0.6 is 0 Å². The molecule has 32 heavy (non-hydrogen) atoms. The first-order chi connectivity index (χ1) is 15.4. The first-order valence-electron chi connectivity index (χ1n) is 9.62. The van der Waals surface area contributed by atoms with Gasteiger partial charge in [-0.05, 0) is 6.08 Å². The highest BCUT2D eigenvalue weighted by molar-refractivity contribution is 6.01. The van der Waals surface area contributed by atoms with Gasteiger partial charge in [0.05, 0.1) is 44.4 Å². The molecule has 0 fully saturated rings. The number of rotatable bonds is 6. The summed E-state index contributed by atoms with van der Waals surface area (Å²) in [4.78, 5) is 11.8. The highest BCUT2D eigenvalue weighted by Crippen LogP contribution is 2.41. The van der Waals surface area contributed by atoms with Gasteiger partial charge in [0, 0.05) is 30.8 Å². The van der Waals surface area contributed by atoms with E-state index in [1.165, 1.54) is 20.4 Å². The summed E-state index contributed by atoms with van der Waals surface area (Å²) in [6, 6.07) is 1.15. The van der Waals surface area contributed by atoms with E-state index >= 15 is 0 Å². The molecule has 0 aliphatic carbocycles. The number of amides is 1. The Bertz CT molecular complexity index is 1180. The molecule has 0 radical (unpaired) electrons. The molecule has 0 bridgehead atoms. The molecule has 0 spiro atoms. The van der Waals surface area contributed by atoms with E-state index in [0.717, 1.165) is 12.1 Å². The average Bonchev–Trinajstić information content (AvgIpc) is 3.36. The van der Waals surface area contributed by atoms with Crippen molar-refractivity contribution < 1.29 is 27.8 Å². The fourth-order valence-corrected chi connectivity index (χ4v) is 3.72. The molecule has 1 amide bonds. The third-order valence-corrected chi connectivity index (χ3v) is 5.31. The van der Waals surface area contributed by atoms with E-state index in [1.807, 2.05) is 0 Å². The van der Waals surface area contributed by atoms with Crippen LogP contribution < -0.4 is 14.8 Å². The van der Waals surface area contributed by atoms with Crippen LogP contribution in [0.1, 0.15) is 22.9 Å². The number of benzene rings is 1. The second kappa shape index (κ2) is 8.42. The summed E-state index contributed by atoms with van der Waals surface area (Å²) in [6.45, 7) is 3.47. The van der Waals surface area contributed by atoms with Crippen LogP contribution in [0.25, 0.3) is 11.4 Å². The zero-order valence-corrected chi connectivity index (χ0v) is 17.7. The monoisotopic (exact) mass is 445 g/mol.